The van der Waals surface area contributed by atoms with Crippen molar-refractivity contribution in [3.8, 4) is 0 Å². The quantitative estimate of drug-likeness (QED) is 0.649. The molecule has 1 rings (SSSR count). The van der Waals surface area contributed by atoms with E-state index >= 15 is 0 Å². The molecule has 4 unspecified atom stereocenters. The summed E-state index contributed by atoms with van der Waals surface area (Å²) < 4.78 is 5.54. The minimum Gasteiger partial charge on any atom is -0.391 e. The third kappa shape index (κ3) is 2.08. The molecule has 0 spiro atoms. The number of ether oxygens (including phenoxy) is 1. The zero-order valence-electron chi connectivity index (χ0n) is 8.90. The minimum atomic E-state index is -0.507. The molecule has 13 heavy (non-hydrogen) atoms. The van der Waals surface area contributed by atoms with Gasteiger partial charge in [0, 0.05) is 11.9 Å². The first-order valence-electron chi connectivity index (χ1n) is 5.04. The minimum absolute atomic E-state index is 0.102. The second-order valence-electron chi connectivity index (χ2n) is 4.62. The topological polar surface area (TPSA) is 29.5 Å². The van der Waals surface area contributed by atoms with E-state index in [9.17, 15) is 5.11 Å². The van der Waals surface area contributed by atoms with Crippen LogP contribution < -0.4 is 0 Å². The van der Waals surface area contributed by atoms with E-state index in [-0.39, 0.29) is 12.0 Å². The van der Waals surface area contributed by atoms with Gasteiger partial charge in [-0.15, -0.1) is 0 Å². The predicted molar refractivity (Wildman–Crippen MR) is 53.6 cm³/mol. The highest BCUT2D eigenvalue weighted by atomic mass is 16.5. The third-order valence-corrected chi connectivity index (χ3v) is 2.85. The van der Waals surface area contributed by atoms with Gasteiger partial charge in [0.2, 0.25) is 0 Å². The number of hydrogen-bond acceptors (Lipinski definition) is 2. The Hall–Kier alpha value is -0.0151. The van der Waals surface area contributed by atoms with Crippen LogP contribution in [0.25, 0.3) is 0 Å². The fourth-order valence-electron chi connectivity index (χ4n) is 2.14. The summed E-state index contributed by atoms with van der Waals surface area (Å²) in [6, 6.07) is -0.500. The average Bonchev–Trinajstić information content (AvgIpc) is 2.28. The van der Waals surface area contributed by atoms with Crippen molar-refractivity contribution in [2.45, 2.75) is 45.9 Å². The first kappa shape index (κ1) is 11.1. The molecule has 1 aliphatic rings. The lowest BCUT2D eigenvalue weighted by molar-refractivity contribution is 0.0284. The Morgan fingerprint density at radius 1 is 1.15 bits per heavy atom. The van der Waals surface area contributed by atoms with Gasteiger partial charge in [0.1, 0.15) is 7.85 Å². The standard InChI is InChI=1S/C10H19BO2/c1-5(2)7-8(12)10(11)13-9(7)6(3)4/h5-10,12H,1-4H3. The second-order valence-corrected chi connectivity index (χ2v) is 4.62. The number of rotatable bonds is 2. The van der Waals surface area contributed by atoms with Crippen LogP contribution in [0.4, 0.5) is 0 Å². The Morgan fingerprint density at radius 3 is 2.00 bits per heavy atom. The molecule has 3 heteroatoms. The van der Waals surface area contributed by atoms with Crippen LogP contribution in [0.1, 0.15) is 27.7 Å². The van der Waals surface area contributed by atoms with Gasteiger partial charge in [0.15, 0.2) is 0 Å². The van der Waals surface area contributed by atoms with E-state index in [1.54, 1.807) is 0 Å². The van der Waals surface area contributed by atoms with Gasteiger partial charge < -0.3 is 9.84 Å². The Kier molecular flexibility index (Phi) is 3.41. The zero-order valence-corrected chi connectivity index (χ0v) is 8.90. The van der Waals surface area contributed by atoms with Crippen LogP contribution in [-0.2, 0) is 4.74 Å². The number of hydrogen-bond donors (Lipinski definition) is 1. The summed E-state index contributed by atoms with van der Waals surface area (Å²) in [5, 5.41) is 9.80. The van der Waals surface area contributed by atoms with Crippen LogP contribution in [-0.4, -0.2) is 31.2 Å². The summed E-state index contributed by atoms with van der Waals surface area (Å²) in [6.07, 6.45) is -0.405. The Morgan fingerprint density at radius 2 is 1.69 bits per heavy atom. The molecule has 2 nitrogen and oxygen atoms in total. The molecule has 1 saturated heterocycles. The van der Waals surface area contributed by atoms with Crippen LogP contribution in [0.5, 0.6) is 0 Å². The maximum Gasteiger partial charge on any atom is 0.112 e. The molecule has 0 aromatic carbocycles. The second kappa shape index (κ2) is 4.01. The fourth-order valence-corrected chi connectivity index (χ4v) is 2.14. The van der Waals surface area contributed by atoms with Crippen molar-refractivity contribution in [3.05, 3.63) is 0 Å². The largest absolute Gasteiger partial charge is 0.391 e. The van der Waals surface area contributed by atoms with Gasteiger partial charge in [0.05, 0.1) is 12.2 Å². The lowest BCUT2D eigenvalue weighted by atomic mass is 9.79. The summed E-state index contributed by atoms with van der Waals surface area (Å²) in [6.45, 7) is 8.41. The molecule has 0 amide bonds. The molecule has 0 aromatic heterocycles. The van der Waals surface area contributed by atoms with E-state index < -0.39 is 12.1 Å². The highest BCUT2D eigenvalue weighted by Crippen LogP contribution is 2.35. The van der Waals surface area contributed by atoms with Gasteiger partial charge in [-0.3, -0.25) is 0 Å². The molecule has 1 N–H and O–H groups in total. The van der Waals surface area contributed by atoms with E-state index in [0.717, 1.165) is 0 Å². The Balaban J connectivity index is 2.74. The monoisotopic (exact) mass is 182 g/mol. The lowest BCUT2D eigenvalue weighted by Crippen LogP contribution is -2.33. The van der Waals surface area contributed by atoms with Crippen molar-refractivity contribution in [2.24, 2.45) is 17.8 Å². The van der Waals surface area contributed by atoms with Gasteiger partial charge >= 0.3 is 0 Å². The highest BCUT2D eigenvalue weighted by Gasteiger charge is 2.43. The normalized spacial score (nSPS) is 40.5. The fraction of sp³-hybridized carbons (Fsp3) is 1.00. The molecule has 0 saturated carbocycles. The molecular formula is C10H19BO2. The smallest absolute Gasteiger partial charge is 0.112 e. The molecule has 74 valence electrons. The number of aliphatic hydroxyl groups is 1. The molecular weight excluding hydrogens is 163 g/mol. The maximum absolute atomic E-state index is 9.80. The van der Waals surface area contributed by atoms with Crippen LogP contribution in [0.2, 0.25) is 0 Å². The maximum atomic E-state index is 9.80. The molecule has 1 fully saturated rings. The number of aliphatic hydroxyl groups excluding tert-OH is 1. The van der Waals surface area contributed by atoms with E-state index in [4.69, 9.17) is 12.6 Å². The van der Waals surface area contributed by atoms with Gasteiger partial charge in [-0.25, -0.2) is 0 Å². The van der Waals surface area contributed by atoms with Crippen LogP contribution in [0.15, 0.2) is 0 Å². The zero-order chi connectivity index (χ0) is 10.2. The lowest BCUT2D eigenvalue weighted by Gasteiger charge is -2.26. The van der Waals surface area contributed by atoms with Gasteiger partial charge in [-0.1, -0.05) is 27.7 Å². The van der Waals surface area contributed by atoms with E-state index in [1.807, 2.05) is 0 Å². The summed E-state index contributed by atoms with van der Waals surface area (Å²) >= 11 is 0. The van der Waals surface area contributed by atoms with E-state index in [0.29, 0.717) is 11.8 Å². The van der Waals surface area contributed by atoms with Crippen molar-refractivity contribution in [3.63, 3.8) is 0 Å². The molecule has 0 bridgehead atoms. The summed E-state index contributed by atoms with van der Waals surface area (Å²) in [5.74, 6) is 1.00. The van der Waals surface area contributed by atoms with Crippen LogP contribution >= 0.6 is 0 Å². The molecule has 0 aliphatic carbocycles. The molecule has 1 aliphatic heterocycles. The first-order chi connectivity index (χ1) is 5.95. The molecule has 0 aromatic rings. The molecule has 1 heterocycles. The van der Waals surface area contributed by atoms with Crippen molar-refractivity contribution in [1.82, 2.24) is 0 Å². The molecule has 4 atom stereocenters. The van der Waals surface area contributed by atoms with E-state index in [1.165, 1.54) is 0 Å². The van der Waals surface area contributed by atoms with Crippen molar-refractivity contribution >= 4 is 7.85 Å². The summed E-state index contributed by atoms with van der Waals surface area (Å²) in [4.78, 5) is 0. The van der Waals surface area contributed by atoms with Crippen molar-refractivity contribution in [1.29, 1.82) is 0 Å². The highest BCUT2D eigenvalue weighted by molar-refractivity contribution is 6.11. The average molecular weight is 182 g/mol. The van der Waals surface area contributed by atoms with Gasteiger partial charge in [0.25, 0.3) is 0 Å². The SMILES string of the molecule is [B]C1OC(C(C)C)C(C(C)C)C1O. The van der Waals surface area contributed by atoms with Crippen molar-refractivity contribution < 1.29 is 9.84 Å². The van der Waals surface area contributed by atoms with Crippen LogP contribution in [0.3, 0.4) is 0 Å². The Labute approximate surface area is 82.1 Å². The summed E-state index contributed by atoms with van der Waals surface area (Å²) in [5.41, 5.74) is 0. The Bertz CT molecular complexity index is 170. The predicted octanol–water partition coefficient (Wildman–Crippen LogP) is 1.17. The summed E-state index contributed by atoms with van der Waals surface area (Å²) in [7, 11) is 5.66. The van der Waals surface area contributed by atoms with Gasteiger partial charge in [-0.05, 0) is 11.8 Å². The first-order valence-corrected chi connectivity index (χ1v) is 5.04. The third-order valence-electron chi connectivity index (χ3n) is 2.85. The van der Waals surface area contributed by atoms with Crippen molar-refractivity contribution in [2.75, 3.05) is 0 Å². The van der Waals surface area contributed by atoms with E-state index in [2.05, 4.69) is 27.7 Å². The molecule has 2 radical (unpaired) electrons. The van der Waals surface area contributed by atoms with Crippen LogP contribution in [0, 0.1) is 17.8 Å². The van der Waals surface area contributed by atoms with Gasteiger partial charge in [-0.2, -0.15) is 0 Å².